The first-order chi connectivity index (χ1) is 14.6. The number of carbonyl (C=O) groups is 1. The number of carbonyl (C=O) groups excluding carboxylic acids is 1. The average molecular weight is 401 g/mol. The highest BCUT2D eigenvalue weighted by Gasteiger charge is 2.27. The number of nitriles is 1. The topological polar surface area (TPSA) is 106 Å². The molecule has 3 N–H and O–H groups in total. The Balaban J connectivity index is 1.64. The first-order valence-electron chi connectivity index (χ1n) is 9.92. The zero-order chi connectivity index (χ0) is 21.1. The van der Waals surface area contributed by atoms with Crippen molar-refractivity contribution in [2.45, 2.75) is 26.3 Å². The van der Waals surface area contributed by atoms with Gasteiger partial charge in [-0.3, -0.25) is 10.1 Å². The Bertz CT molecular complexity index is 1080. The van der Waals surface area contributed by atoms with Crippen molar-refractivity contribution in [3.63, 3.8) is 0 Å². The number of benzene rings is 1. The molecule has 2 aliphatic heterocycles. The Kier molecular flexibility index (Phi) is 5.46. The van der Waals surface area contributed by atoms with E-state index in [1.54, 1.807) is 6.20 Å². The molecular formula is C22H23N7O. The molecule has 8 heteroatoms. The van der Waals surface area contributed by atoms with Crippen molar-refractivity contribution >= 4 is 28.8 Å². The van der Waals surface area contributed by atoms with Crippen molar-refractivity contribution in [2.75, 3.05) is 28.6 Å². The summed E-state index contributed by atoms with van der Waals surface area (Å²) in [5.41, 5.74) is 3.62. The lowest BCUT2D eigenvalue weighted by Crippen LogP contribution is -2.28. The van der Waals surface area contributed by atoms with E-state index in [1.165, 1.54) is 0 Å². The lowest BCUT2D eigenvalue weighted by molar-refractivity contribution is -0.116. The van der Waals surface area contributed by atoms with Gasteiger partial charge in [0.1, 0.15) is 17.5 Å². The third-order valence-electron chi connectivity index (χ3n) is 5.11. The number of fused-ring (bicyclic) bond motifs is 1. The average Bonchev–Trinajstić information content (AvgIpc) is 3.38. The van der Waals surface area contributed by atoms with Crippen molar-refractivity contribution < 1.29 is 4.79 Å². The summed E-state index contributed by atoms with van der Waals surface area (Å²) >= 11 is 0. The van der Waals surface area contributed by atoms with Crippen molar-refractivity contribution in [2.24, 2.45) is 0 Å². The maximum Gasteiger partial charge on any atom is 0.229 e. The molecule has 1 aromatic carbocycles. The standard InChI is InChI=1S/C22H23N7O/c1-3-29-18-9-5-4-8-17(18)26-21(29)16(12-23)20-14(2)13-25-22(28-20)27-19(30)11-15-7-6-10-24-15/h4-9,13,15,24,26H,3,10-11H2,1-2H3,(H,25,27,28,30)/b21-16+/t15-/m1/s1. The summed E-state index contributed by atoms with van der Waals surface area (Å²) in [5.74, 6) is 0.691. The maximum absolute atomic E-state index is 12.3. The van der Waals surface area contributed by atoms with E-state index in [2.05, 4.69) is 32.0 Å². The second kappa shape index (κ2) is 8.35. The Morgan fingerprint density at radius 2 is 2.23 bits per heavy atom. The summed E-state index contributed by atoms with van der Waals surface area (Å²) in [5, 5.41) is 19.3. The van der Waals surface area contributed by atoms with E-state index in [1.807, 2.05) is 55.2 Å². The Hall–Kier alpha value is -3.70. The molecule has 1 aromatic heterocycles. The van der Waals surface area contributed by atoms with Gasteiger partial charge >= 0.3 is 0 Å². The van der Waals surface area contributed by atoms with E-state index in [9.17, 15) is 10.1 Å². The van der Waals surface area contributed by atoms with E-state index in [4.69, 9.17) is 0 Å². The van der Waals surface area contributed by atoms with E-state index in [-0.39, 0.29) is 17.9 Å². The molecule has 30 heavy (non-hydrogen) atoms. The summed E-state index contributed by atoms with van der Waals surface area (Å²) < 4.78 is 0. The minimum absolute atomic E-state index is 0.0195. The van der Waals surface area contributed by atoms with Crippen LogP contribution in [0.1, 0.15) is 24.6 Å². The zero-order valence-corrected chi connectivity index (χ0v) is 16.9. The van der Waals surface area contributed by atoms with Crippen molar-refractivity contribution in [3.8, 4) is 6.07 Å². The number of allylic oxidation sites excluding steroid dienone is 1. The van der Waals surface area contributed by atoms with Crippen LogP contribution in [0.5, 0.6) is 0 Å². The third-order valence-corrected chi connectivity index (χ3v) is 5.11. The zero-order valence-electron chi connectivity index (χ0n) is 16.9. The summed E-state index contributed by atoms with van der Waals surface area (Å²) in [6.45, 7) is 5.35. The van der Waals surface area contributed by atoms with Crippen LogP contribution in [-0.4, -0.2) is 35.0 Å². The predicted molar refractivity (Wildman–Crippen MR) is 117 cm³/mol. The Morgan fingerprint density at radius 3 is 2.97 bits per heavy atom. The molecule has 0 unspecified atom stereocenters. The van der Waals surface area contributed by atoms with Crippen LogP contribution in [0.3, 0.4) is 0 Å². The van der Waals surface area contributed by atoms with Crippen LogP contribution in [-0.2, 0) is 4.79 Å². The van der Waals surface area contributed by atoms with Crippen LogP contribution in [0.25, 0.3) is 5.57 Å². The number of anilines is 3. The number of para-hydroxylation sites is 2. The number of hydrogen-bond donors (Lipinski definition) is 3. The molecule has 0 saturated carbocycles. The molecular weight excluding hydrogens is 378 g/mol. The van der Waals surface area contributed by atoms with Crippen molar-refractivity contribution in [1.29, 1.82) is 5.26 Å². The van der Waals surface area contributed by atoms with Crippen LogP contribution in [0.15, 0.2) is 48.4 Å². The van der Waals surface area contributed by atoms with Gasteiger partial charge in [0.2, 0.25) is 11.9 Å². The van der Waals surface area contributed by atoms with Gasteiger partial charge in [-0.15, -0.1) is 0 Å². The summed E-state index contributed by atoms with van der Waals surface area (Å²) in [6.07, 6.45) is 5.90. The SMILES string of the molecule is CCN1/C(=C(\C#N)c2nc(NC(=O)C[C@H]3C=CCN3)ncc2C)Nc2ccccc21. The molecule has 0 spiro atoms. The molecule has 1 atom stereocenters. The quantitative estimate of drug-likeness (QED) is 0.522. The fourth-order valence-corrected chi connectivity index (χ4v) is 3.66. The normalized spacial score (nSPS) is 18.6. The van der Waals surface area contributed by atoms with Gasteiger partial charge < -0.3 is 15.5 Å². The minimum Gasteiger partial charge on any atom is -0.339 e. The number of nitrogens with zero attached hydrogens (tertiary/aromatic N) is 4. The highest BCUT2D eigenvalue weighted by Crippen LogP contribution is 2.38. The summed E-state index contributed by atoms with van der Waals surface area (Å²) in [4.78, 5) is 23.1. The predicted octanol–water partition coefficient (Wildman–Crippen LogP) is 2.79. The van der Waals surface area contributed by atoms with Crippen LogP contribution in [0, 0.1) is 18.3 Å². The van der Waals surface area contributed by atoms with Crippen molar-refractivity contribution in [1.82, 2.24) is 15.3 Å². The number of hydrogen-bond acceptors (Lipinski definition) is 7. The Morgan fingerprint density at radius 1 is 1.40 bits per heavy atom. The number of amides is 1. The third kappa shape index (κ3) is 3.75. The van der Waals surface area contributed by atoms with Gasteiger partial charge in [0.05, 0.1) is 17.1 Å². The van der Waals surface area contributed by atoms with Crippen LogP contribution < -0.4 is 20.9 Å². The molecule has 152 valence electrons. The maximum atomic E-state index is 12.3. The minimum atomic E-state index is -0.179. The fraction of sp³-hybridized carbons (Fsp3) is 0.273. The largest absolute Gasteiger partial charge is 0.339 e. The first kappa shape index (κ1) is 19.6. The molecule has 0 saturated heterocycles. The summed E-state index contributed by atoms with van der Waals surface area (Å²) in [6, 6.07) is 10.2. The number of rotatable bonds is 5. The molecule has 4 rings (SSSR count). The lowest BCUT2D eigenvalue weighted by atomic mass is 10.1. The fourth-order valence-electron chi connectivity index (χ4n) is 3.66. The molecule has 1 amide bonds. The van der Waals surface area contributed by atoms with Gasteiger partial charge in [-0.05, 0) is 31.5 Å². The highest BCUT2D eigenvalue weighted by atomic mass is 16.1. The molecule has 3 heterocycles. The molecule has 0 fully saturated rings. The van der Waals surface area contributed by atoms with Gasteiger partial charge in [0.25, 0.3) is 0 Å². The van der Waals surface area contributed by atoms with Gasteiger partial charge in [0.15, 0.2) is 0 Å². The van der Waals surface area contributed by atoms with Gasteiger partial charge in [-0.1, -0.05) is 24.3 Å². The van der Waals surface area contributed by atoms with Gasteiger partial charge in [-0.25, -0.2) is 9.97 Å². The smallest absolute Gasteiger partial charge is 0.229 e. The molecule has 0 bridgehead atoms. The lowest BCUT2D eigenvalue weighted by Gasteiger charge is -2.19. The van der Waals surface area contributed by atoms with E-state index < -0.39 is 0 Å². The molecule has 2 aromatic rings. The van der Waals surface area contributed by atoms with E-state index in [0.717, 1.165) is 23.5 Å². The van der Waals surface area contributed by atoms with Gasteiger partial charge in [0, 0.05) is 31.7 Å². The molecule has 2 aliphatic rings. The molecule has 0 aliphatic carbocycles. The summed E-state index contributed by atoms with van der Waals surface area (Å²) in [7, 11) is 0. The second-order valence-corrected chi connectivity index (χ2v) is 7.14. The molecule has 0 radical (unpaired) electrons. The monoisotopic (exact) mass is 401 g/mol. The number of aromatic nitrogens is 2. The Labute approximate surface area is 175 Å². The van der Waals surface area contributed by atoms with E-state index >= 15 is 0 Å². The van der Waals surface area contributed by atoms with Crippen LogP contribution in [0.4, 0.5) is 17.3 Å². The first-order valence-corrected chi connectivity index (χ1v) is 9.92. The highest BCUT2D eigenvalue weighted by molar-refractivity contribution is 5.92. The van der Waals surface area contributed by atoms with Crippen LogP contribution in [0.2, 0.25) is 0 Å². The van der Waals surface area contributed by atoms with Crippen LogP contribution >= 0.6 is 0 Å². The van der Waals surface area contributed by atoms with Gasteiger partial charge in [-0.2, -0.15) is 5.26 Å². The second-order valence-electron chi connectivity index (χ2n) is 7.14. The van der Waals surface area contributed by atoms with Crippen molar-refractivity contribution in [3.05, 3.63) is 59.7 Å². The molecule has 8 nitrogen and oxygen atoms in total. The number of nitrogens with one attached hydrogen (secondary N) is 3. The number of aryl methyl sites for hydroxylation is 1. The van der Waals surface area contributed by atoms with E-state index in [0.29, 0.717) is 30.1 Å².